The Kier molecular flexibility index (Phi) is 4.80. The van der Waals surface area contributed by atoms with E-state index >= 15 is 0 Å². The smallest absolute Gasteiger partial charge is 0.273 e. The Bertz CT molecular complexity index is 667. The van der Waals surface area contributed by atoms with Gasteiger partial charge < -0.3 is 4.74 Å². The van der Waals surface area contributed by atoms with Gasteiger partial charge in [-0.1, -0.05) is 23.2 Å². The molecular weight excluding hydrogens is 371 g/mol. The highest BCUT2D eigenvalue weighted by molar-refractivity contribution is 9.10. The first-order chi connectivity index (χ1) is 9.47. The van der Waals surface area contributed by atoms with Crippen LogP contribution in [-0.4, -0.2) is 9.91 Å². The number of benzene rings is 1. The molecule has 0 radical (unpaired) electrons. The van der Waals surface area contributed by atoms with E-state index < -0.39 is 4.92 Å². The average molecular weight is 378 g/mol. The summed E-state index contributed by atoms with van der Waals surface area (Å²) in [5.74, 6) is 0.331. The molecule has 0 bridgehead atoms. The Balaban J connectivity index is 2.20. The van der Waals surface area contributed by atoms with Gasteiger partial charge in [0, 0.05) is 6.07 Å². The number of nitro groups is 1. The molecule has 5 nitrogen and oxygen atoms in total. The lowest BCUT2D eigenvalue weighted by atomic mass is 10.3. The topological polar surface area (TPSA) is 65.3 Å². The van der Waals surface area contributed by atoms with Gasteiger partial charge in [0.15, 0.2) is 0 Å². The highest BCUT2D eigenvalue weighted by Crippen LogP contribution is 2.30. The Morgan fingerprint density at radius 3 is 2.75 bits per heavy atom. The number of nitro benzene ring substituents is 1. The molecule has 1 aromatic heterocycles. The minimum Gasteiger partial charge on any atom is -0.486 e. The lowest BCUT2D eigenvalue weighted by Gasteiger charge is -2.09. The van der Waals surface area contributed by atoms with Crippen molar-refractivity contribution in [1.82, 2.24) is 4.98 Å². The molecule has 1 aromatic carbocycles. The van der Waals surface area contributed by atoms with E-state index in [9.17, 15) is 10.1 Å². The van der Waals surface area contributed by atoms with Gasteiger partial charge >= 0.3 is 0 Å². The summed E-state index contributed by atoms with van der Waals surface area (Å²) in [7, 11) is 0. The van der Waals surface area contributed by atoms with Gasteiger partial charge in [-0.15, -0.1) is 0 Å². The molecule has 0 aliphatic rings. The van der Waals surface area contributed by atoms with Crippen LogP contribution in [0.15, 0.2) is 34.8 Å². The van der Waals surface area contributed by atoms with Gasteiger partial charge in [-0.05, 0) is 34.1 Å². The fourth-order valence-corrected chi connectivity index (χ4v) is 2.11. The van der Waals surface area contributed by atoms with E-state index in [1.165, 1.54) is 12.1 Å². The fraction of sp³-hybridized carbons (Fsp3) is 0.0833. The lowest BCUT2D eigenvalue weighted by molar-refractivity contribution is -0.385. The van der Waals surface area contributed by atoms with E-state index in [4.69, 9.17) is 27.9 Å². The van der Waals surface area contributed by atoms with Gasteiger partial charge in [-0.25, -0.2) is 4.98 Å². The van der Waals surface area contributed by atoms with Gasteiger partial charge in [0.25, 0.3) is 5.69 Å². The summed E-state index contributed by atoms with van der Waals surface area (Å²) >= 11 is 15.0. The summed E-state index contributed by atoms with van der Waals surface area (Å²) < 4.78 is 6.09. The third kappa shape index (κ3) is 3.59. The van der Waals surface area contributed by atoms with Crippen molar-refractivity contribution >= 4 is 44.8 Å². The maximum Gasteiger partial charge on any atom is 0.273 e. The first kappa shape index (κ1) is 15.0. The molecule has 1 heterocycles. The first-order valence-corrected chi connectivity index (χ1v) is 6.90. The minimum atomic E-state index is -0.496. The van der Waals surface area contributed by atoms with Crippen molar-refractivity contribution in [3.05, 3.63) is 60.8 Å². The van der Waals surface area contributed by atoms with Crippen molar-refractivity contribution in [1.29, 1.82) is 0 Å². The van der Waals surface area contributed by atoms with Crippen LogP contribution in [0.5, 0.6) is 5.75 Å². The van der Waals surface area contributed by atoms with E-state index in [1.54, 1.807) is 18.2 Å². The van der Waals surface area contributed by atoms with Crippen LogP contribution in [-0.2, 0) is 6.61 Å². The predicted molar refractivity (Wildman–Crippen MR) is 79.4 cm³/mol. The molecule has 0 saturated heterocycles. The normalized spacial score (nSPS) is 10.3. The summed E-state index contributed by atoms with van der Waals surface area (Å²) in [6, 6.07) is 7.42. The molecule has 8 heteroatoms. The first-order valence-electron chi connectivity index (χ1n) is 5.35. The zero-order valence-electron chi connectivity index (χ0n) is 9.85. The van der Waals surface area contributed by atoms with Crippen LogP contribution in [0.25, 0.3) is 0 Å². The van der Waals surface area contributed by atoms with Gasteiger partial charge in [0.2, 0.25) is 0 Å². The van der Waals surface area contributed by atoms with E-state index in [0.717, 1.165) is 0 Å². The number of aromatic nitrogens is 1. The molecule has 0 fully saturated rings. The Labute approximate surface area is 132 Å². The summed E-state index contributed by atoms with van der Waals surface area (Å²) in [6.45, 7) is 0.0547. The number of nitrogens with zero attached hydrogens (tertiary/aromatic N) is 2. The summed E-state index contributed by atoms with van der Waals surface area (Å²) in [6.07, 6.45) is 0. The summed E-state index contributed by atoms with van der Waals surface area (Å²) in [5, 5.41) is 11.4. The second-order valence-corrected chi connectivity index (χ2v) is 5.37. The number of hydrogen-bond acceptors (Lipinski definition) is 4. The van der Waals surface area contributed by atoms with Gasteiger partial charge in [-0.3, -0.25) is 10.1 Å². The molecule has 0 aliphatic carbocycles. The number of rotatable bonds is 4. The molecule has 0 N–H and O–H groups in total. The third-order valence-electron chi connectivity index (χ3n) is 2.37. The molecule has 2 rings (SSSR count). The van der Waals surface area contributed by atoms with Gasteiger partial charge in [0.05, 0.1) is 26.2 Å². The van der Waals surface area contributed by atoms with Crippen molar-refractivity contribution in [2.24, 2.45) is 0 Å². The molecule has 0 aliphatic heterocycles. The van der Waals surface area contributed by atoms with Crippen LogP contribution in [0, 0.1) is 10.1 Å². The zero-order chi connectivity index (χ0) is 14.7. The van der Waals surface area contributed by atoms with Crippen LogP contribution in [0.2, 0.25) is 10.2 Å². The van der Waals surface area contributed by atoms with Crippen LogP contribution in [0.3, 0.4) is 0 Å². The van der Waals surface area contributed by atoms with Gasteiger partial charge in [0.1, 0.15) is 17.5 Å². The van der Waals surface area contributed by atoms with Crippen molar-refractivity contribution in [3.8, 4) is 5.75 Å². The number of hydrogen-bond donors (Lipinski definition) is 0. The molecule has 20 heavy (non-hydrogen) atoms. The van der Waals surface area contributed by atoms with Crippen LogP contribution in [0.4, 0.5) is 5.69 Å². The minimum absolute atomic E-state index is 0.0547. The van der Waals surface area contributed by atoms with Crippen LogP contribution in [0.1, 0.15) is 5.69 Å². The van der Waals surface area contributed by atoms with Gasteiger partial charge in [-0.2, -0.15) is 0 Å². The number of non-ortho nitro benzene ring substituents is 1. The summed E-state index contributed by atoms with van der Waals surface area (Å²) in [4.78, 5) is 14.3. The SMILES string of the molecule is O=[N+]([O-])c1ccc(Br)c(OCc2nc(Cl)ccc2Cl)c1. The third-order valence-corrected chi connectivity index (χ3v) is 3.58. The highest BCUT2D eigenvalue weighted by Gasteiger charge is 2.12. The molecule has 0 saturated carbocycles. The average Bonchev–Trinajstić information content (AvgIpc) is 2.41. The van der Waals surface area contributed by atoms with Crippen molar-refractivity contribution in [2.45, 2.75) is 6.61 Å². The zero-order valence-corrected chi connectivity index (χ0v) is 12.9. The van der Waals surface area contributed by atoms with Crippen molar-refractivity contribution in [3.63, 3.8) is 0 Å². The second kappa shape index (κ2) is 6.39. The van der Waals surface area contributed by atoms with E-state index in [-0.39, 0.29) is 12.3 Å². The number of ether oxygens (including phenoxy) is 1. The van der Waals surface area contributed by atoms with E-state index in [1.807, 2.05) is 0 Å². The van der Waals surface area contributed by atoms with E-state index in [2.05, 4.69) is 20.9 Å². The maximum atomic E-state index is 10.7. The van der Waals surface area contributed by atoms with E-state index in [0.29, 0.717) is 26.1 Å². The lowest BCUT2D eigenvalue weighted by Crippen LogP contribution is -2.00. The highest BCUT2D eigenvalue weighted by atomic mass is 79.9. The second-order valence-electron chi connectivity index (χ2n) is 3.72. The number of halogens is 3. The molecule has 2 aromatic rings. The number of pyridine rings is 1. The molecule has 0 atom stereocenters. The fourth-order valence-electron chi connectivity index (χ4n) is 1.42. The Hall–Kier alpha value is -1.37. The van der Waals surface area contributed by atoms with Crippen LogP contribution < -0.4 is 4.74 Å². The van der Waals surface area contributed by atoms with Crippen molar-refractivity contribution < 1.29 is 9.66 Å². The van der Waals surface area contributed by atoms with Crippen molar-refractivity contribution in [2.75, 3.05) is 0 Å². The standard InChI is InChI=1S/C12H7BrCl2N2O3/c13-8-2-1-7(17(18)19)5-11(8)20-6-10-9(14)3-4-12(15)16-10/h1-5H,6H2. The molecular formula is C12H7BrCl2N2O3. The molecule has 104 valence electrons. The Morgan fingerprint density at radius 1 is 1.30 bits per heavy atom. The molecule has 0 amide bonds. The molecule has 0 unspecified atom stereocenters. The molecule has 0 spiro atoms. The maximum absolute atomic E-state index is 10.7. The monoisotopic (exact) mass is 376 g/mol. The largest absolute Gasteiger partial charge is 0.486 e. The summed E-state index contributed by atoms with van der Waals surface area (Å²) in [5.41, 5.74) is 0.394. The quantitative estimate of drug-likeness (QED) is 0.442. The predicted octanol–water partition coefficient (Wildman–Crippen LogP) is 4.64. The van der Waals surface area contributed by atoms with Crippen LogP contribution >= 0.6 is 39.1 Å². The Morgan fingerprint density at radius 2 is 2.05 bits per heavy atom.